The van der Waals surface area contributed by atoms with E-state index in [1.54, 1.807) is 0 Å². The molecule has 1 spiro atoms. The number of hydrogen-bond donors (Lipinski definition) is 0. The van der Waals surface area contributed by atoms with Gasteiger partial charge in [0.15, 0.2) is 0 Å². The maximum atomic E-state index is 5.18. The molecule has 0 unspecified atom stereocenters. The number of rotatable bonds is 2. The number of nitrogens with zero attached hydrogens (tertiary/aromatic N) is 2. The van der Waals surface area contributed by atoms with Crippen LogP contribution in [0.4, 0.5) is 0 Å². The molecule has 262 valence electrons. The Morgan fingerprint density at radius 1 is 0.351 bits per heavy atom. The maximum absolute atomic E-state index is 5.18. The van der Waals surface area contributed by atoms with Gasteiger partial charge in [-0.15, -0.1) is 0 Å². The Balaban J connectivity index is 1.05. The third-order valence-corrected chi connectivity index (χ3v) is 12.8. The first-order valence-corrected chi connectivity index (χ1v) is 19.7. The second-order valence-corrected chi connectivity index (χ2v) is 15.6. The Bertz CT molecular complexity index is 3490. The van der Waals surface area contributed by atoms with Crippen molar-refractivity contribution in [2.75, 3.05) is 0 Å². The predicted molar refractivity (Wildman–Crippen MR) is 237 cm³/mol. The zero-order valence-electron chi connectivity index (χ0n) is 30.9. The highest BCUT2D eigenvalue weighted by Gasteiger charge is 2.53. The van der Waals surface area contributed by atoms with Crippen LogP contribution in [0.1, 0.15) is 22.3 Å². The first-order chi connectivity index (χ1) is 28.3. The molecule has 2 heteroatoms. The molecular weight excluding hydrogens is 689 g/mol. The first kappa shape index (κ1) is 30.9. The molecule has 11 aromatic rings. The molecule has 0 radical (unpaired) electrons. The standard InChI is InChI=1S/C55H32N2/c1-3-18-44-40(14-1)41-15-2-4-19-45(41)52-51(44)46-31-37-25-24-36(30-39(37)32-49(46)55(52)47-20-7-5-16-42(47)43-17-6-8-21-48(43)55)35-11-9-12-38(29-35)50-27-26-34-23-22-33-13-10-28-56-53(33)54(34)57-50/h1-32H. The number of benzene rings is 9. The van der Waals surface area contributed by atoms with Crippen LogP contribution >= 0.6 is 0 Å². The van der Waals surface area contributed by atoms with Gasteiger partial charge < -0.3 is 0 Å². The van der Waals surface area contributed by atoms with Crippen molar-refractivity contribution in [3.63, 3.8) is 0 Å². The Morgan fingerprint density at radius 3 is 1.79 bits per heavy atom. The predicted octanol–water partition coefficient (Wildman–Crippen LogP) is 13.9. The fourth-order valence-corrected chi connectivity index (χ4v) is 10.5. The van der Waals surface area contributed by atoms with Crippen LogP contribution in [0.2, 0.25) is 0 Å². The van der Waals surface area contributed by atoms with E-state index in [9.17, 15) is 0 Å². The molecule has 2 heterocycles. The van der Waals surface area contributed by atoms with Gasteiger partial charge in [0.05, 0.1) is 22.1 Å². The monoisotopic (exact) mass is 720 g/mol. The number of fused-ring (bicyclic) bond motifs is 19. The summed E-state index contributed by atoms with van der Waals surface area (Å²) >= 11 is 0. The van der Waals surface area contributed by atoms with Crippen molar-refractivity contribution in [1.29, 1.82) is 0 Å². The molecule has 13 rings (SSSR count). The first-order valence-electron chi connectivity index (χ1n) is 19.7. The van der Waals surface area contributed by atoms with E-state index in [0.717, 1.165) is 33.1 Å². The summed E-state index contributed by atoms with van der Waals surface area (Å²) in [4.78, 5) is 9.87. The van der Waals surface area contributed by atoms with Crippen molar-refractivity contribution >= 4 is 54.1 Å². The fourth-order valence-electron chi connectivity index (χ4n) is 10.5. The topological polar surface area (TPSA) is 25.8 Å². The van der Waals surface area contributed by atoms with Gasteiger partial charge in [-0.05, 0) is 124 Å². The highest BCUT2D eigenvalue weighted by atomic mass is 14.8. The lowest BCUT2D eigenvalue weighted by Gasteiger charge is -2.32. The summed E-state index contributed by atoms with van der Waals surface area (Å²) in [5.41, 5.74) is 16.6. The van der Waals surface area contributed by atoms with E-state index < -0.39 is 5.41 Å². The summed E-state index contributed by atoms with van der Waals surface area (Å²) in [5, 5.41) is 9.91. The summed E-state index contributed by atoms with van der Waals surface area (Å²) < 4.78 is 0. The molecule has 9 aromatic carbocycles. The molecular formula is C55H32N2. The Morgan fingerprint density at radius 2 is 0.982 bits per heavy atom. The molecule has 0 fully saturated rings. The van der Waals surface area contributed by atoms with Gasteiger partial charge in [-0.25, -0.2) is 4.98 Å². The van der Waals surface area contributed by atoms with E-state index in [2.05, 4.69) is 182 Å². The highest BCUT2D eigenvalue weighted by Crippen LogP contribution is 2.65. The number of hydrogen-bond acceptors (Lipinski definition) is 2. The van der Waals surface area contributed by atoms with Crippen LogP contribution in [0.3, 0.4) is 0 Å². The van der Waals surface area contributed by atoms with Gasteiger partial charge in [-0.3, -0.25) is 4.98 Å². The van der Waals surface area contributed by atoms with E-state index in [0.29, 0.717) is 0 Å². The molecule has 2 nitrogen and oxygen atoms in total. The summed E-state index contributed by atoms with van der Waals surface area (Å²) in [6, 6.07) is 69.7. The lowest BCUT2D eigenvalue weighted by Crippen LogP contribution is -2.26. The normalized spacial score (nSPS) is 13.4. The van der Waals surface area contributed by atoms with Crippen molar-refractivity contribution < 1.29 is 0 Å². The van der Waals surface area contributed by atoms with Crippen molar-refractivity contribution in [2.24, 2.45) is 0 Å². The third-order valence-electron chi connectivity index (χ3n) is 12.8. The molecule has 0 atom stereocenters. The molecule has 0 N–H and O–H groups in total. The van der Waals surface area contributed by atoms with Crippen LogP contribution in [0.25, 0.3) is 98.8 Å². The van der Waals surface area contributed by atoms with Crippen molar-refractivity contribution in [2.45, 2.75) is 5.41 Å². The van der Waals surface area contributed by atoms with E-state index in [1.165, 1.54) is 88.0 Å². The van der Waals surface area contributed by atoms with Gasteiger partial charge in [-0.2, -0.15) is 0 Å². The smallest absolute Gasteiger partial charge is 0.0972 e. The molecule has 2 aliphatic rings. The van der Waals surface area contributed by atoms with Gasteiger partial charge in [0, 0.05) is 22.5 Å². The second-order valence-electron chi connectivity index (χ2n) is 15.6. The van der Waals surface area contributed by atoms with Crippen LogP contribution in [0.15, 0.2) is 194 Å². The van der Waals surface area contributed by atoms with Crippen LogP contribution in [0, 0.1) is 0 Å². The summed E-state index contributed by atoms with van der Waals surface area (Å²) in [5.74, 6) is 0. The molecule has 0 saturated carbocycles. The van der Waals surface area contributed by atoms with Crippen LogP contribution in [-0.4, -0.2) is 9.97 Å². The average Bonchev–Trinajstić information content (AvgIpc) is 3.75. The lowest BCUT2D eigenvalue weighted by atomic mass is 9.69. The Labute approximate surface area is 329 Å². The molecule has 0 bridgehead atoms. The van der Waals surface area contributed by atoms with Crippen LogP contribution < -0.4 is 0 Å². The van der Waals surface area contributed by atoms with Crippen LogP contribution in [0.5, 0.6) is 0 Å². The largest absolute Gasteiger partial charge is 0.254 e. The van der Waals surface area contributed by atoms with Gasteiger partial charge in [-0.1, -0.05) is 152 Å². The quantitative estimate of drug-likeness (QED) is 0.166. The molecule has 0 amide bonds. The number of pyridine rings is 2. The van der Waals surface area contributed by atoms with Gasteiger partial charge in [0.1, 0.15) is 0 Å². The van der Waals surface area contributed by atoms with E-state index in [4.69, 9.17) is 9.97 Å². The maximum Gasteiger partial charge on any atom is 0.0972 e. The Kier molecular flexibility index (Phi) is 6.13. The minimum atomic E-state index is -0.466. The summed E-state index contributed by atoms with van der Waals surface area (Å²) in [7, 11) is 0. The summed E-state index contributed by atoms with van der Waals surface area (Å²) in [6.45, 7) is 0. The molecule has 2 aliphatic carbocycles. The number of aromatic nitrogens is 2. The van der Waals surface area contributed by atoms with E-state index in [1.807, 2.05) is 12.3 Å². The van der Waals surface area contributed by atoms with Crippen molar-refractivity contribution in [3.05, 3.63) is 217 Å². The van der Waals surface area contributed by atoms with Crippen LogP contribution in [-0.2, 0) is 5.41 Å². The van der Waals surface area contributed by atoms with Gasteiger partial charge in [0.2, 0.25) is 0 Å². The third kappa shape index (κ3) is 4.09. The average molecular weight is 721 g/mol. The molecule has 0 aliphatic heterocycles. The van der Waals surface area contributed by atoms with E-state index in [-0.39, 0.29) is 0 Å². The lowest BCUT2D eigenvalue weighted by molar-refractivity contribution is 0.803. The zero-order chi connectivity index (χ0) is 37.2. The SMILES string of the molecule is c1cc(-c2ccc3cc4c(cc3c2)C2(c3ccccc3-c3ccccc32)c2c-4c3ccccc3c3ccccc23)cc(-c2ccc3ccc4cccnc4c3n2)c1. The Hall–Kier alpha value is -7.42. The van der Waals surface area contributed by atoms with Gasteiger partial charge >= 0.3 is 0 Å². The molecule has 57 heavy (non-hydrogen) atoms. The molecule has 2 aromatic heterocycles. The van der Waals surface area contributed by atoms with Crippen molar-refractivity contribution in [1.82, 2.24) is 9.97 Å². The highest BCUT2D eigenvalue weighted by molar-refractivity contribution is 6.20. The van der Waals surface area contributed by atoms with Gasteiger partial charge in [0.25, 0.3) is 0 Å². The molecule has 0 saturated heterocycles. The zero-order valence-corrected chi connectivity index (χ0v) is 30.9. The minimum absolute atomic E-state index is 0.466. The second kappa shape index (κ2) is 11.3. The summed E-state index contributed by atoms with van der Waals surface area (Å²) in [6.07, 6.45) is 1.85. The van der Waals surface area contributed by atoms with Crippen molar-refractivity contribution in [3.8, 4) is 44.6 Å². The fraction of sp³-hybridized carbons (Fsp3) is 0.0182. The minimum Gasteiger partial charge on any atom is -0.254 e. The van der Waals surface area contributed by atoms with E-state index >= 15 is 0 Å².